The Hall–Kier alpha value is -2.76. The molecule has 0 spiro atoms. The van der Waals surface area contributed by atoms with Crippen molar-refractivity contribution in [1.29, 1.82) is 0 Å². The lowest BCUT2D eigenvalue weighted by Gasteiger charge is -2.06. The summed E-state index contributed by atoms with van der Waals surface area (Å²) in [6.45, 7) is 4.43. The Morgan fingerprint density at radius 3 is 2.73 bits per heavy atom. The van der Waals surface area contributed by atoms with Gasteiger partial charge in [-0.3, -0.25) is 13.8 Å². The third-order valence-corrected chi connectivity index (χ3v) is 3.38. The van der Waals surface area contributed by atoms with E-state index in [4.69, 9.17) is 0 Å². The summed E-state index contributed by atoms with van der Waals surface area (Å²) in [5.41, 5.74) is 1.61. The van der Waals surface area contributed by atoms with Crippen LogP contribution in [-0.4, -0.2) is 25.4 Å². The van der Waals surface area contributed by atoms with Gasteiger partial charge in [0.05, 0.1) is 0 Å². The van der Waals surface area contributed by atoms with Crippen LogP contribution in [0.15, 0.2) is 46.3 Å². The Labute approximate surface area is 127 Å². The van der Waals surface area contributed by atoms with Crippen LogP contribution in [0.3, 0.4) is 0 Å². The highest BCUT2D eigenvalue weighted by molar-refractivity contribution is 5.81. The molecule has 0 radical (unpaired) electrons. The topological polar surface area (TPSA) is 64.5 Å². The van der Waals surface area contributed by atoms with Crippen molar-refractivity contribution in [3.8, 4) is 0 Å². The number of aryl methyl sites for hydroxylation is 2. The molecule has 0 aliphatic carbocycles. The fraction of sp³-hybridized carbons (Fsp3) is 0.250. The average Bonchev–Trinajstić information content (AvgIpc) is 2.93. The van der Waals surface area contributed by atoms with E-state index in [0.29, 0.717) is 23.8 Å². The molecule has 6 nitrogen and oxygen atoms in total. The van der Waals surface area contributed by atoms with E-state index < -0.39 is 0 Å². The third kappa shape index (κ3) is 2.55. The van der Waals surface area contributed by atoms with Crippen molar-refractivity contribution in [2.24, 2.45) is 4.99 Å². The van der Waals surface area contributed by atoms with E-state index in [-0.39, 0.29) is 5.56 Å². The molecule has 0 N–H and O–H groups in total. The Bertz CT molecular complexity index is 877. The summed E-state index contributed by atoms with van der Waals surface area (Å²) in [6, 6.07) is 9.78. The minimum absolute atomic E-state index is 0.0275. The predicted octanol–water partition coefficient (Wildman–Crippen LogP) is 2.36. The molecule has 0 aliphatic rings. The molecule has 0 saturated heterocycles. The zero-order valence-corrected chi connectivity index (χ0v) is 12.6. The number of hydrogen-bond acceptors (Lipinski definition) is 4. The van der Waals surface area contributed by atoms with Gasteiger partial charge < -0.3 is 0 Å². The second-order valence-electron chi connectivity index (χ2n) is 5.11. The standard InChI is InChI=1S/C16H17N5O/c1-3-9-20-14(22)12(2)11-21-15(18-19-16(20)21)17-10-13-7-5-4-6-8-13/h4-8,10-11H,3,9H2,1-2H3/b17-10+. The van der Waals surface area contributed by atoms with E-state index in [1.54, 1.807) is 28.3 Å². The SMILES string of the molecule is CCCn1c(=O)c(C)cn2c(/N=C/c3ccccc3)nnc12. The average molecular weight is 295 g/mol. The Morgan fingerprint density at radius 2 is 2.00 bits per heavy atom. The van der Waals surface area contributed by atoms with E-state index in [9.17, 15) is 4.79 Å². The number of benzene rings is 1. The van der Waals surface area contributed by atoms with Crippen LogP contribution >= 0.6 is 0 Å². The zero-order valence-electron chi connectivity index (χ0n) is 12.6. The molecule has 1 aromatic carbocycles. The summed E-state index contributed by atoms with van der Waals surface area (Å²) in [6.07, 6.45) is 4.33. The summed E-state index contributed by atoms with van der Waals surface area (Å²) in [5, 5.41) is 8.20. The molecule has 0 amide bonds. The molecule has 0 aliphatic heterocycles. The number of rotatable bonds is 4. The molecule has 0 saturated carbocycles. The zero-order chi connectivity index (χ0) is 15.5. The van der Waals surface area contributed by atoms with Gasteiger partial charge in [0.25, 0.3) is 11.5 Å². The molecular weight excluding hydrogens is 278 g/mol. The van der Waals surface area contributed by atoms with E-state index in [0.717, 1.165) is 12.0 Å². The van der Waals surface area contributed by atoms with Crippen molar-refractivity contribution in [3.63, 3.8) is 0 Å². The van der Waals surface area contributed by atoms with E-state index in [2.05, 4.69) is 15.2 Å². The lowest BCUT2D eigenvalue weighted by Crippen LogP contribution is -2.24. The van der Waals surface area contributed by atoms with Crippen LogP contribution in [0, 0.1) is 6.92 Å². The van der Waals surface area contributed by atoms with Crippen LogP contribution in [-0.2, 0) is 6.54 Å². The van der Waals surface area contributed by atoms with Gasteiger partial charge in [-0.05, 0) is 18.9 Å². The van der Waals surface area contributed by atoms with Gasteiger partial charge in [0.2, 0.25) is 5.78 Å². The number of aliphatic imine (C=N–C) groups is 1. The van der Waals surface area contributed by atoms with Crippen LogP contribution in [0.25, 0.3) is 5.78 Å². The largest absolute Gasteiger partial charge is 0.277 e. The summed E-state index contributed by atoms with van der Waals surface area (Å²) in [4.78, 5) is 16.6. The minimum atomic E-state index is -0.0275. The summed E-state index contributed by atoms with van der Waals surface area (Å²) < 4.78 is 3.40. The molecule has 112 valence electrons. The predicted molar refractivity (Wildman–Crippen MR) is 86.0 cm³/mol. The molecule has 0 unspecified atom stereocenters. The molecule has 22 heavy (non-hydrogen) atoms. The minimum Gasteiger partial charge on any atom is -0.277 e. The summed E-state index contributed by atoms with van der Waals surface area (Å²) >= 11 is 0. The second kappa shape index (κ2) is 5.93. The Morgan fingerprint density at radius 1 is 1.23 bits per heavy atom. The molecular formula is C16H17N5O. The molecule has 3 rings (SSSR count). The van der Waals surface area contributed by atoms with Crippen LogP contribution in [0.2, 0.25) is 0 Å². The quantitative estimate of drug-likeness (QED) is 0.694. The highest BCUT2D eigenvalue weighted by Crippen LogP contribution is 2.11. The van der Waals surface area contributed by atoms with E-state index >= 15 is 0 Å². The maximum absolute atomic E-state index is 12.2. The van der Waals surface area contributed by atoms with Crippen molar-refractivity contribution < 1.29 is 0 Å². The van der Waals surface area contributed by atoms with Crippen LogP contribution < -0.4 is 5.56 Å². The molecule has 2 aromatic heterocycles. The lowest BCUT2D eigenvalue weighted by atomic mass is 10.2. The summed E-state index contributed by atoms with van der Waals surface area (Å²) in [5.74, 6) is 0.990. The van der Waals surface area contributed by atoms with Gasteiger partial charge in [0.15, 0.2) is 0 Å². The molecule has 0 atom stereocenters. The first kappa shape index (κ1) is 14.2. The van der Waals surface area contributed by atoms with Crippen molar-refractivity contribution in [2.45, 2.75) is 26.8 Å². The summed E-state index contributed by atoms with van der Waals surface area (Å²) in [7, 11) is 0. The fourth-order valence-electron chi connectivity index (χ4n) is 2.31. The highest BCUT2D eigenvalue weighted by Gasteiger charge is 2.11. The Kier molecular flexibility index (Phi) is 3.82. The lowest BCUT2D eigenvalue weighted by molar-refractivity contribution is 0.651. The molecule has 2 heterocycles. The maximum atomic E-state index is 12.2. The van der Waals surface area contributed by atoms with Gasteiger partial charge in [0, 0.05) is 24.5 Å². The number of fused-ring (bicyclic) bond motifs is 1. The Balaban J connectivity index is 2.09. The highest BCUT2D eigenvalue weighted by atomic mass is 16.1. The van der Waals surface area contributed by atoms with Gasteiger partial charge in [-0.1, -0.05) is 37.3 Å². The maximum Gasteiger partial charge on any atom is 0.257 e. The normalized spacial score (nSPS) is 11.5. The molecule has 0 fully saturated rings. The van der Waals surface area contributed by atoms with Crippen molar-refractivity contribution in [2.75, 3.05) is 0 Å². The third-order valence-electron chi connectivity index (χ3n) is 3.38. The molecule has 6 heteroatoms. The van der Waals surface area contributed by atoms with Gasteiger partial charge in [-0.2, -0.15) is 0 Å². The molecule has 3 aromatic rings. The van der Waals surface area contributed by atoms with Gasteiger partial charge >= 0.3 is 0 Å². The van der Waals surface area contributed by atoms with E-state index in [1.165, 1.54) is 0 Å². The van der Waals surface area contributed by atoms with Crippen LogP contribution in [0.5, 0.6) is 0 Å². The van der Waals surface area contributed by atoms with Gasteiger partial charge in [0.1, 0.15) is 0 Å². The first-order valence-electron chi connectivity index (χ1n) is 7.25. The van der Waals surface area contributed by atoms with Crippen molar-refractivity contribution in [3.05, 3.63) is 58.0 Å². The second-order valence-corrected chi connectivity index (χ2v) is 5.11. The fourth-order valence-corrected chi connectivity index (χ4v) is 2.31. The number of hydrogen-bond donors (Lipinski definition) is 0. The van der Waals surface area contributed by atoms with Crippen LogP contribution in [0.1, 0.15) is 24.5 Å². The van der Waals surface area contributed by atoms with Gasteiger partial charge in [-0.25, -0.2) is 4.99 Å². The number of nitrogens with zero attached hydrogens (tertiary/aromatic N) is 5. The first-order valence-corrected chi connectivity index (χ1v) is 7.25. The van der Waals surface area contributed by atoms with E-state index in [1.807, 2.05) is 37.3 Å². The van der Waals surface area contributed by atoms with Gasteiger partial charge in [-0.15, -0.1) is 10.2 Å². The molecule has 0 bridgehead atoms. The smallest absolute Gasteiger partial charge is 0.257 e. The monoisotopic (exact) mass is 295 g/mol. The van der Waals surface area contributed by atoms with Crippen molar-refractivity contribution >= 4 is 17.9 Å². The first-order chi connectivity index (χ1) is 10.7. The van der Waals surface area contributed by atoms with Crippen molar-refractivity contribution in [1.82, 2.24) is 19.2 Å². The van der Waals surface area contributed by atoms with Crippen LogP contribution in [0.4, 0.5) is 5.95 Å². The number of aromatic nitrogens is 4.